The molecule has 8 nitrogen and oxygen atoms in total. The second-order valence-electron chi connectivity index (χ2n) is 7.57. The average Bonchev–Trinajstić information content (AvgIpc) is 2.85. The van der Waals surface area contributed by atoms with Crippen LogP contribution in [0, 0.1) is 6.92 Å². The number of hydrogen-bond acceptors (Lipinski definition) is 6. The molecule has 182 valence electrons. The minimum atomic E-state index is -3.89. The second kappa shape index (κ2) is 11.7. The molecular formula is C25H23ClN2O6S. The summed E-state index contributed by atoms with van der Waals surface area (Å²) in [5.74, 6) is -2.06. The molecule has 0 fully saturated rings. The summed E-state index contributed by atoms with van der Waals surface area (Å²) in [4.78, 5) is 37.6. The van der Waals surface area contributed by atoms with Gasteiger partial charge in [-0.15, -0.1) is 0 Å². The first kappa shape index (κ1) is 26.1. The van der Waals surface area contributed by atoms with E-state index in [1.165, 1.54) is 24.3 Å². The predicted molar refractivity (Wildman–Crippen MR) is 130 cm³/mol. The van der Waals surface area contributed by atoms with E-state index >= 15 is 0 Å². The summed E-state index contributed by atoms with van der Waals surface area (Å²) in [7, 11) is -3.89. The maximum absolute atomic E-state index is 13.0. The molecule has 0 saturated carbocycles. The molecule has 2 N–H and O–H groups in total. The van der Waals surface area contributed by atoms with Gasteiger partial charge >= 0.3 is 5.97 Å². The van der Waals surface area contributed by atoms with E-state index in [1.807, 2.05) is 6.92 Å². The molecule has 0 bridgehead atoms. The van der Waals surface area contributed by atoms with Crippen LogP contribution in [0.15, 0.2) is 83.8 Å². The minimum absolute atomic E-state index is 0.0155. The van der Waals surface area contributed by atoms with Crippen LogP contribution in [0.4, 0.5) is 0 Å². The van der Waals surface area contributed by atoms with Gasteiger partial charge in [0.15, 0.2) is 6.10 Å². The summed E-state index contributed by atoms with van der Waals surface area (Å²) in [5.41, 5.74) is 1.65. The Morgan fingerprint density at radius 2 is 1.51 bits per heavy atom. The standard InChI is InChI=1S/C25H23ClN2O6S/c1-17-7-13-21(14-8-17)35(32,33)28-15-22(29)27-16-23(30)34-25(19-5-3-2-4-6-19)24(31)18-9-11-20(26)12-10-18/h2-14,25,28H,15-16H2,1H3,(H,27,29)/t25-/m0/s1. The maximum Gasteiger partial charge on any atom is 0.326 e. The number of halogens is 1. The van der Waals surface area contributed by atoms with Crippen molar-refractivity contribution in [3.63, 3.8) is 0 Å². The van der Waals surface area contributed by atoms with Gasteiger partial charge in [-0.2, -0.15) is 0 Å². The SMILES string of the molecule is Cc1ccc(S(=O)(=O)NCC(=O)NCC(=O)O[C@H](C(=O)c2ccc(Cl)cc2)c2ccccc2)cc1. The Labute approximate surface area is 208 Å². The fraction of sp³-hybridized carbons (Fsp3) is 0.160. The van der Waals surface area contributed by atoms with Crippen molar-refractivity contribution in [1.29, 1.82) is 0 Å². The first-order valence-electron chi connectivity index (χ1n) is 10.5. The molecule has 0 aliphatic rings. The van der Waals surface area contributed by atoms with Gasteiger partial charge < -0.3 is 10.1 Å². The van der Waals surface area contributed by atoms with E-state index in [1.54, 1.807) is 54.6 Å². The molecule has 3 aromatic rings. The highest BCUT2D eigenvalue weighted by Gasteiger charge is 2.26. The first-order chi connectivity index (χ1) is 16.7. The first-order valence-corrected chi connectivity index (χ1v) is 12.4. The third-order valence-corrected chi connectivity index (χ3v) is 6.57. The highest BCUT2D eigenvalue weighted by molar-refractivity contribution is 7.89. The number of carbonyl (C=O) groups excluding carboxylic acids is 3. The van der Waals surface area contributed by atoms with Gasteiger partial charge in [0.1, 0.15) is 6.54 Å². The Bertz CT molecular complexity index is 1290. The van der Waals surface area contributed by atoms with E-state index in [-0.39, 0.29) is 4.90 Å². The van der Waals surface area contributed by atoms with Crippen molar-refractivity contribution in [1.82, 2.24) is 10.0 Å². The van der Waals surface area contributed by atoms with E-state index in [0.717, 1.165) is 5.56 Å². The molecule has 35 heavy (non-hydrogen) atoms. The maximum atomic E-state index is 13.0. The molecule has 10 heteroatoms. The number of esters is 1. The molecule has 0 aliphatic heterocycles. The lowest BCUT2D eigenvalue weighted by Crippen LogP contribution is -2.39. The fourth-order valence-corrected chi connectivity index (χ4v) is 4.14. The Morgan fingerprint density at radius 1 is 0.886 bits per heavy atom. The third-order valence-electron chi connectivity index (χ3n) is 4.90. The highest BCUT2D eigenvalue weighted by Crippen LogP contribution is 2.23. The Balaban J connectivity index is 1.59. The quantitative estimate of drug-likeness (QED) is 0.317. The molecule has 0 saturated heterocycles. The van der Waals surface area contributed by atoms with Gasteiger partial charge in [0.05, 0.1) is 11.4 Å². The van der Waals surface area contributed by atoms with Gasteiger partial charge in [-0.05, 0) is 43.3 Å². The molecule has 3 rings (SSSR count). The normalized spacial score (nSPS) is 11.9. The zero-order chi connectivity index (χ0) is 25.4. The number of carbonyl (C=O) groups is 3. The lowest BCUT2D eigenvalue weighted by molar-refractivity contribution is -0.147. The molecule has 1 amide bonds. The Morgan fingerprint density at radius 3 is 2.14 bits per heavy atom. The number of nitrogens with one attached hydrogen (secondary N) is 2. The largest absolute Gasteiger partial charge is 0.448 e. The predicted octanol–water partition coefficient (Wildman–Crippen LogP) is 3.21. The van der Waals surface area contributed by atoms with Crippen molar-refractivity contribution in [3.05, 3.63) is 101 Å². The molecule has 0 heterocycles. The Hall–Kier alpha value is -3.53. The number of benzene rings is 3. The van der Waals surface area contributed by atoms with Gasteiger partial charge in [-0.3, -0.25) is 14.4 Å². The minimum Gasteiger partial charge on any atom is -0.448 e. The summed E-state index contributed by atoms with van der Waals surface area (Å²) in [5, 5.41) is 2.74. The summed E-state index contributed by atoms with van der Waals surface area (Å²) in [6, 6.07) is 20.7. The van der Waals surface area contributed by atoms with Gasteiger partial charge in [-0.25, -0.2) is 13.1 Å². The van der Waals surface area contributed by atoms with Crippen LogP contribution in [0.1, 0.15) is 27.6 Å². The van der Waals surface area contributed by atoms with E-state index < -0.39 is 46.9 Å². The summed E-state index contributed by atoms with van der Waals surface area (Å²) in [6.07, 6.45) is -1.23. The van der Waals surface area contributed by atoms with Crippen molar-refractivity contribution in [2.45, 2.75) is 17.9 Å². The van der Waals surface area contributed by atoms with Crippen LogP contribution < -0.4 is 10.0 Å². The number of amides is 1. The number of rotatable bonds is 10. The van der Waals surface area contributed by atoms with Gasteiger partial charge in [0, 0.05) is 16.1 Å². The summed E-state index contributed by atoms with van der Waals surface area (Å²) in [6.45, 7) is 0.694. The van der Waals surface area contributed by atoms with E-state index in [9.17, 15) is 22.8 Å². The molecule has 1 atom stereocenters. The number of Topliss-reactive ketones (excluding diaryl/α,β-unsaturated/α-hetero) is 1. The van der Waals surface area contributed by atoms with Crippen molar-refractivity contribution in [3.8, 4) is 0 Å². The Kier molecular flexibility index (Phi) is 8.75. The highest BCUT2D eigenvalue weighted by atomic mass is 35.5. The fourth-order valence-electron chi connectivity index (χ4n) is 3.03. The number of ketones is 1. The zero-order valence-electron chi connectivity index (χ0n) is 18.7. The van der Waals surface area contributed by atoms with Crippen LogP contribution in [0.2, 0.25) is 5.02 Å². The van der Waals surface area contributed by atoms with E-state index in [2.05, 4.69) is 10.0 Å². The summed E-state index contributed by atoms with van der Waals surface area (Å²) < 4.78 is 32.1. The number of aryl methyl sites for hydroxylation is 1. The van der Waals surface area contributed by atoms with Gasteiger partial charge in [-0.1, -0.05) is 59.6 Å². The number of ether oxygens (including phenoxy) is 1. The third kappa shape index (κ3) is 7.48. The molecule has 0 radical (unpaired) electrons. The number of sulfonamides is 1. The van der Waals surface area contributed by atoms with Crippen LogP contribution >= 0.6 is 11.6 Å². The van der Waals surface area contributed by atoms with Crippen molar-refractivity contribution >= 4 is 39.3 Å². The van der Waals surface area contributed by atoms with Crippen molar-refractivity contribution in [2.24, 2.45) is 0 Å². The van der Waals surface area contributed by atoms with E-state index in [0.29, 0.717) is 16.1 Å². The lowest BCUT2D eigenvalue weighted by atomic mass is 10.00. The molecule has 0 unspecified atom stereocenters. The smallest absolute Gasteiger partial charge is 0.326 e. The van der Waals surface area contributed by atoms with Crippen LogP contribution in [-0.4, -0.2) is 39.2 Å². The average molecular weight is 515 g/mol. The second-order valence-corrected chi connectivity index (χ2v) is 9.77. The van der Waals surface area contributed by atoms with Crippen molar-refractivity contribution < 1.29 is 27.5 Å². The van der Waals surface area contributed by atoms with Gasteiger partial charge in [0.25, 0.3) is 0 Å². The topological polar surface area (TPSA) is 119 Å². The monoisotopic (exact) mass is 514 g/mol. The molecule has 0 spiro atoms. The van der Waals surface area contributed by atoms with E-state index in [4.69, 9.17) is 16.3 Å². The zero-order valence-corrected chi connectivity index (χ0v) is 20.3. The van der Waals surface area contributed by atoms with Crippen LogP contribution in [0.25, 0.3) is 0 Å². The van der Waals surface area contributed by atoms with Crippen molar-refractivity contribution in [2.75, 3.05) is 13.1 Å². The van der Waals surface area contributed by atoms with Crippen LogP contribution in [0.5, 0.6) is 0 Å². The molecular weight excluding hydrogens is 492 g/mol. The summed E-state index contributed by atoms with van der Waals surface area (Å²) >= 11 is 5.88. The molecule has 0 aromatic heterocycles. The van der Waals surface area contributed by atoms with Crippen LogP contribution in [0.3, 0.4) is 0 Å². The van der Waals surface area contributed by atoms with Gasteiger partial charge in [0.2, 0.25) is 21.7 Å². The number of hydrogen-bond donors (Lipinski definition) is 2. The molecule has 3 aromatic carbocycles. The molecule has 0 aliphatic carbocycles. The van der Waals surface area contributed by atoms with Crippen LogP contribution in [-0.2, 0) is 24.3 Å². The lowest BCUT2D eigenvalue weighted by Gasteiger charge is -2.18.